The first-order chi connectivity index (χ1) is 12.7. The number of carbonyl (C=O) groups excluding carboxylic acids is 1. The Bertz CT molecular complexity index is 1110. The number of hydrogen-bond acceptors (Lipinski definition) is 4. The van der Waals surface area contributed by atoms with Gasteiger partial charge in [0.05, 0.1) is 23.5 Å². The largest absolute Gasteiger partial charge is 0.463 e. The van der Waals surface area contributed by atoms with Gasteiger partial charge >= 0.3 is 0 Å². The molecule has 26 heavy (non-hydrogen) atoms. The molecule has 2 aromatic heterocycles. The number of nitrogens with zero attached hydrogens (tertiary/aromatic N) is 2. The Morgan fingerprint density at radius 3 is 2.27 bits per heavy atom. The van der Waals surface area contributed by atoms with Gasteiger partial charge in [0.15, 0.2) is 5.43 Å². The SMILES string of the molecule is O=C(Cn1c2ccccc2c(=O)c2ccccc21)NN=Cc1ccco1. The number of nitrogens with one attached hydrogen (secondary N) is 1. The van der Waals surface area contributed by atoms with Crippen molar-refractivity contribution in [2.24, 2.45) is 5.10 Å². The van der Waals surface area contributed by atoms with Crippen molar-refractivity contribution in [2.75, 3.05) is 0 Å². The van der Waals surface area contributed by atoms with E-state index in [1.54, 1.807) is 24.3 Å². The van der Waals surface area contributed by atoms with E-state index < -0.39 is 0 Å². The average Bonchev–Trinajstić information content (AvgIpc) is 3.19. The number of pyridine rings is 1. The van der Waals surface area contributed by atoms with E-state index in [1.165, 1.54) is 12.5 Å². The molecule has 0 unspecified atom stereocenters. The number of hydrogen-bond donors (Lipinski definition) is 1. The highest BCUT2D eigenvalue weighted by Crippen LogP contribution is 2.18. The number of aromatic nitrogens is 1. The normalized spacial score (nSPS) is 11.4. The van der Waals surface area contributed by atoms with Crippen LogP contribution in [-0.4, -0.2) is 16.7 Å². The molecule has 2 heterocycles. The van der Waals surface area contributed by atoms with Crippen molar-refractivity contribution in [3.63, 3.8) is 0 Å². The minimum atomic E-state index is -0.299. The van der Waals surface area contributed by atoms with E-state index in [9.17, 15) is 9.59 Å². The first-order valence-electron chi connectivity index (χ1n) is 8.10. The number of benzene rings is 2. The molecule has 0 aliphatic carbocycles. The summed E-state index contributed by atoms with van der Waals surface area (Å²) in [6.45, 7) is 0.0385. The van der Waals surface area contributed by atoms with Gasteiger partial charge in [0.25, 0.3) is 5.91 Å². The van der Waals surface area contributed by atoms with E-state index in [0.29, 0.717) is 27.6 Å². The lowest BCUT2D eigenvalue weighted by molar-refractivity contribution is -0.121. The summed E-state index contributed by atoms with van der Waals surface area (Å²) in [4.78, 5) is 25.0. The van der Waals surface area contributed by atoms with Crippen molar-refractivity contribution in [3.8, 4) is 0 Å². The van der Waals surface area contributed by atoms with Gasteiger partial charge in [0.1, 0.15) is 12.3 Å². The first kappa shape index (κ1) is 15.8. The van der Waals surface area contributed by atoms with Gasteiger partial charge in [0, 0.05) is 10.8 Å². The number of furan rings is 1. The minimum Gasteiger partial charge on any atom is -0.463 e. The molecule has 0 fully saturated rings. The fourth-order valence-corrected chi connectivity index (χ4v) is 2.96. The minimum absolute atomic E-state index is 0.0382. The molecule has 0 aliphatic rings. The third kappa shape index (κ3) is 2.88. The van der Waals surface area contributed by atoms with E-state index in [0.717, 1.165) is 0 Å². The molecule has 4 rings (SSSR count). The van der Waals surface area contributed by atoms with Crippen LogP contribution in [0.1, 0.15) is 5.76 Å². The maximum absolute atomic E-state index is 12.7. The lowest BCUT2D eigenvalue weighted by atomic mass is 10.1. The second-order valence-electron chi connectivity index (χ2n) is 5.76. The molecule has 0 atom stereocenters. The molecular formula is C20H15N3O3. The van der Waals surface area contributed by atoms with Crippen molar-refractivity contribution in [3.05, 3.63) is 82.9 Å². The van der Waals surface area contributed by atoms with Crippen LogP contribution in [0.3, 0.4) is 0 Å². The van der Waals surface area contributed by atoms with Crippen LogP contribution >= 0.6 is 0 Å². The summed E-state index contributed by atoms with van der Waals surface area (Å²) in [6, 6.07) is 18.0. The number of carbonyl (C=O) groups is 1. The van der Waals surface area contributed by atoms with E-state index in [1.807, 2.05) is 41.0 Å². The first-order valence-corrected chi connectivity index (χ1v) is 8.10. The Balaban J connectivity index is 1.71. The molecule has 128 valence electrons. The molecular weight excluding hydrogens is 330 g/mol. The lowest BCUT2D eigenvalue weighted by Gasteiger charge is -2.14. The zero-order valence-corrected chi connectivity index (χ0v) is 13.8. The standard InChI is InChI=1S/C20H15N3O3/c24-19(22-21-12-14-6-5-11-26-14)13-23-17-9-3-1-7-15(17)20(25)16-8-2-4-10-18(16)23/h1-12H,13H2,(H,22,24). The molecule has 0 saturated heterocycles. The molecule has 2 aromatic carbocycles. The van der Waals surface area contributed by atoms with Gasteiger partial charge in [-0.2, -0.15) is 5.10 Å². The molecule has 0 saturated carbocycles. The molecule has 0 radical (unpaired) electrons. The van der Waals surface area contributed by atoms with Crippen LogP contribution in [0.4, 0.5) is 0 Å². The second-order valence-corrected chi connectivity index (χ2v) is 5.76. The van der Waals surface area contributed by atoms with E-state index in [4.69, 9.17) is 4.42 Å². The maximum atomic E-state index is 12.7. The van der Waals surface area contributed by atoms with Crippen molar-refractivity contribution in [2.45, 2.75) is 6.54 Å². The predicted octanol–water partition coefficient (Wildman–Crippen LogP) is 2.90. The summed E-state index contributed by atoms with van der Waals surface area (Å²) < 4.78 is 6.94. The number of hydrazone groups is 1. The van der Waals surface area contributed by atoms with Gasteiger partial charge in [-0.15, -0.1) is 0 Å². The van der Waals surface area contributed by atoms with Gasteiger partial charge in [-0.25, -0.2) is 5.43 Å². The Kier molecular flexibility index (Phi) is 4.07. The van der Waals surface area contributed by atoms with Crippen LogP contribution in [0.5, 0.6) is 0 Å². The topological polar surface area (TPSA) is 76.6 Å². The van der Waals surface area contributed by atoms with Crippen molar-refractivity contribution >= 4 is 33.9 Å². The van der Waals surface area contributed by atoms with Gasteiger partial charge in [-0.1, -0.05) is 24.3 Å². The highest BCUT2D eigenvalue weighted by Gasteiger charge is 2.12. The van der Waals surface area contributed by atoms with Gasteiger partial charge < -0.3 is 8.98 Å². The summed E-state index contributed by atoms with van der Waals surface area (Å²) in [7, 11) is 0. The van der Waals surface area contributed by atoms with Crippen LogP contribution in [-0.2, 0) is 11.3 Å². The molecule has 1 N–H and O–H groups in total. The Hall–Kier alpha value is -3.67. The van der Waals surface area contributed by atoms with Crippen LogP contribution in [0.2, 0.25) is 0 Å². The third-order valence-corrected chi connectivity index (χ3v) is 4.10. The third-order valence-electron chi connectivity index (χ3n) is 4.10. The predicted molar refractivity (Wildman–Crippen MR) is 100 cm³/mol. The summed E-state index contributed by atoms with van der Waals surface area (Å²) >= 11 is 0. The van der Waals surface area contributed by atoms with E-state index >= 15 is 0 Å². The maximum Gasteiger partial charge on any atom is 0.260 e. The highest BCUT2D eigenvalue weighted by atomic mass is 16.3. The summed E-state index contributed by atoms with van der Waals surface area (Å²) in [5.41, 5.74) is 3.87. The Labute approximate surface area is 148 Å². The Morgan fingerprint density at radius 1 is 1.00 bits per heavy atom. The van der Waals surface area contributed by atoms with Crippen molar-refractivity contribution in [1.29, 1.82) is 0 Å². The zero-order valence-electron chi connectivity index (χ0n) is 13.8. The molecule has 0 spiro atoms. The summed E-state index contributed by atoms with van der Waals surface area (Å²) in [5, 5.41) is 5.06. The fourth-order valence-electron chi connectivity index (χ4n) is 2.96. The highest BCUT2D eigenvalue weighted by molar-refractivity contribution is 5.95. The van der Waals surface area contributed by atoms with E-state index in [-0.39, 0.29) is 17.9 Å². The fraction of sp³-hybridized carbons (Fsp3) is 0.0500. The smallest absolute Gasteiger partial charge is 0.260 e. The van der Waals surface area contributed by atoms with Crippen LogP contribution < -0.4 is 10.9 Å². The summed E-state index contributed by atoms with van der Waals surface area (Å²) in [5.74, 6) is 0.247. The quantitative estimate of drug-likeness (QED) is 0.351. The van der Waals surface area contributed by atoms with Gasteiger partial charge in [-0.3, -0.25) is 9.59 Å². The number of fused-ring (bicyclic) bond motifs is 2. The van der Waals surface area contributed by atoms with Crippen LogP contribution in [0.25, 0.3) is 21.8 Å². The molecule has 0 bridgehead atoms. The molecule has 0 aliphatic heterocycles. The summed E-state index contributed by atoms with van der Waals surface area (Å²) in [6.07, 6.45) is 2.96. The number of amides is 1. The zero-order chi connectivity index (χ0) is 17.9. The van der Waals surface area contributed by atoms with Crippen LogP contribution in [0.15, 0.2) is 81.2 Å². The van der Waals surface area contributed by atoms with Crippen LogP contribution in [0, 0.1) is 0 Å². The van der Waals surface area contributed by atoms with E-state index in [2.05, 4.69) is 10.5 Å². The second kappa shape index (κ2) is 6.68. The van der Waals surface area contributed by atoms with Gasteiger partial charge in [-0.05, 0) is 36.4 Å². The van der Waals surface area contributed by atoms with Crippen molar-refractivity contribution < 1.29 is 9.21 Å². The monoisotopic (exact) mass is 345 g/mol. The number of para-hydroxylation sites is 2. The Morgan fingerprint density at radius 2 is 1.65 bits per heavy atom. The molecule has 6 nitrogen and oxygen atoms in total. The molecule has 1 amide bonds. The lowest BCUT2D eigenvalue weighted by Crippen LogP contribution is -2.25. The van der Waals surface area contributed by atoms with Crippen molar-refractivity contribution in [1.82, 2.24) is 9.99 Å². The average molecular weight is 345 g/mol. The number of rotatable bonds is 4. The molecule has 6 heteroatoms. The van der Waals surface area contributed by atoms with Gasteiger partial charge in [0.2, 0.25) is 0 Å². The molecule has 4 aromatic rings.